The van der Waals surface area contributed by atoms with Gasteiger partial charge in [0, 0.05) is 18.8 Å². The van der Waals surface area contributed by atoms with Crippen molar-refractivity contribution in [3.8, 4) is 0 Å². The minimum atomic E-state index is -4.37. The maximum atomic E-state index is 12.6. The van der Waals surface area contributed by atoms with Crippen LogP contribution in [0.3, 0.4) is 0 Å². The molecule has 1 N–H and O–H groups in total. The number of carboxylic acids is 1. The Labute approximate surface area is 152 Å². The number of benzene rings is 1. The van der Waals surface area contributed by atoms with Crippen LogP contribution < -0.4 is 4.90 Å². The first kappa shape index (κ1) is 18.5. The van der Waals surface area contributed by atoms with Gasteiger partial charge in [-0.15, -0.1) is 0 Å². The quantitative estimate of drug-likeness (QED) is 0.860. The van der Waals surface area contributed by atoms with E-state index in [9.17, 15) is 18.0 Å². The van der Waals surface area contributed by atoms with Crippen molar-refractivity contribution in [3.05, 3.63) is 29.8 Å². The number of nitrogens with zero attached hydrogens (tertiary/aromatic N) is 1. The number of rotatable bonds is 4. The summed E-state index contributed by atoms with van der Waals surface area (Å²) in [5.74, 6) is -1.05. The van der Waals surface area contributed by atoms with E-state index in [4.69, 9.17) is 9.84 Å². The van der Waals surface area contributed by atoms with Crippen LogP contribution in [0.1, 0.15) is 14.8 Å². The molecule has 0 saturated carbocycles. The molecule has 21 heavy (non-hydrogen) atoms. The van der Waals surface area contributed by atoms with Gasteiger partial charge in [-0.1, -0.05) is 6.07 Å². The number of hydrogen-bond acceptors (Lipinski definition) is 3. The summed E-state index contributed by atoms with van der Waals surface area (Å²) in [6, 6.07) is 5.09. The van der Waals surface area contributed by atoms with E-state index in [0.29, 0.717) is 25.2 Å². The second-order valence-electron chi connectivity index (χ2n) is 4.61. The van der Waals surface area contributed by atoms with Crippen molar-refractivity contribution < 1.29 is 30.7 Å². The SMILES string of the molecule is O=C(O)COC1CCN(c2cccc(C(F)(F)F)c2)C1.[Ca+2].[H-].[H-]. The summed E-state index contributed by atoms with van der Waals surface area (Å²) in [7, 11) is 0. The van der Waals surface area contributed by atoms with Crippen LogP contribution in [0.15, 0.2) is 24.3 Å². The molecule has 4 nitrogen and oxygen atoms in total. The summed E-state index contributed by atoms with van der Waals surface area (Å²) in [4.78, 5) is 12.2. The van der Waals surface area contributed by atoms with Crippen molar-refractivity contribution in [1.29, 1.82) is 0 Å². The van der Waals surface area contributed by atoms with Crippen molar-refractivity contribution >= 4 is 49.4 Å². The fourth-order valence-corrected chi connectivity index (χ4v) is 2.17. The van der Waals surface area contributed by atoms with Crippen LogP contribution >= 0.6 is 0 Å². The molecule has 1 aromatic rings. The first-order valence-electron chi connectivity index (χ1n) is 6.12. The van der Waals surface area contributed by atoms with Crippen LogP contribution in [0, 0.1) is 0 Å². The van der Waals surface area contributed by atoms with Gasteiger partial charge in [0.05, 0.1) is 11.7 Å². The van der Waals surface area contributed by atoms with Gasteiger partial charge >= 0.3 is 49.9 Å². The number of anilines is 1. The Balaban J connectivity index is 0. The summed E-state index contributed by atoms with van der Waals surface area (Å²) >= 11 is 0. The minimum absolute atomic E-state index is 0. The predicted octanol–water partition coefficient (Wildman–Crippen LogP) is 2.23. The first-order valence-corrected chi connectivity index (χ1v) is 6.12. The summed E-state index contributed by atoms with van der Waals surface area (Å²) in [5, 5.41) is 8.52. The van der Waals surface area contributed by atoms with Gasteiger partial charge in [-0.05, 0) is 24.6 Å². The molecule has 0 bridgehead atoms. The van der Waals surface area contributed by atoms with Crippen LogP contribution in [0.5, 0.6) is 0 Å². The summed E-state index contributed by atoms with van der Waals surface area (Å²) in [5.41, 5.74) is -0.217. The Morgan fingerprint density at radius 2 is 2.19 bits per heavy atom. The first-order chi connectivity index (χ1) is 9.36. The van der Waals surface area contributed by atoms with E-state index in [2.05, 4.69) is 0 Å². The third-order valence-electron chi connectivity index (χ3n) is 3.13. The van der Waals surface area contributed by atoms with Gasteiger partial charge in [-0.3, -0.25) is 0 Å². The average Bonchev–Trinajstić information content (AvgIpc) is 2.84. The monoisotopic (exact) mass is 331 g/mol. The average molecular weight is 331 g/mol. The van der Waals surface area contributed by atoms with Crippen LogP contribution in [0.4, 0.5) is 18.9 Å². The molecule has 1 heterocycles. The third-order valence-corrected chi connectivity index (χ3v) is 3.13. The Morgan fingerprint density at radius 3 is 2.81 bits per heavy atom. The molecule has 8 heteroatoms. The van der Waals surface area contributed by atoms with Gasteiger partial charge in [0.1, 0.15) is 6.61 Å². The van der Waals surface area contributed by atoms with Crippen molar-refractivity contribution in [3.63, 3.8) is 0 Å². The van der Waals surface area contributed by atoms with E-state index in [1.165, 1.54) is 6.07 Å². The molecule has 1 aliphatic rings. The molecule has 1 unspecified atom stereocenters. The molecule has 1 fully saturated rings. The fraction of sp³-hybridized carbons (Fsp3) is 0.462. The normalized spacial score (nSPS) is 18.4. The Kier molecular flexibility index (Phi) is 6.77. The van der Waals surface area contributed by atoms with Crippen LogP contribution in [-0.4, -0.2) is 74.6 Å². The van der Waals surface area contributed by atoms with E-state index >= 15 is 0 Å². The van der Waals surface area contributed by atoms with Crippen molar-refractivity contribution in [1.82, 2.24) is 0 Å². The predicted molar refractivity (Wildman–Crippen MR) is 73.6 cm³/mol. The Bertz CT molecular complexity index is 506. The number of carbonyl (C=O) groups is 1. The van der Waals surface area contributed by atoms with Crippen LogP contribution in [0.2, 0.25) is 0 Å². The second-order valence-corrected chi connectivity index (χ2v) is 4.61. The standard InChI is InChI=1S/C13H14F3NO3.Ca.2H/c14-13(15,16)9-2-1-3-10(6-9)17-5-4-11(7-17)20-8-12(18)19;;;/h1-3,6,11H,4-5,7-8H2,(H,18,19);;;/q;+2;2*-1. The number of hydrogen-bond donors (Lipinski definition) is 1. The largest absolute Gasteiger partial charge is 2.00 e. The molecule has 1 aliphatic heterocycles. The van der Waals surface area contributed by atoms with Gasteiger partial charge < -0.3 is 17.6 Å². The van der Waals surface area contributed by atoms with Gasteiger partial charge in [0.2, 0.25) is 0 Å². The number of halogens is 3. The number of aliphatic carboxylic acids is 1. The molecule has 0 aromatic heterocycles. The summed E-state index contributed by atoms with van der Waals surface area (Å²) in [6.07, 6.45) is -4.03. The van der Waals surface area contributed by atoms with Crippen molar-refractivity contribution in [2.75, 3.05) is 24.6 Å². The van der Waals surface area contributed by atoms with Crippen molar-refractivity contribution in [2.24, 2.45) is 0 Å². The van der Waals surface area contributed by atoms with Crippen LogP contribution in [0.25, 0.3) is 0 Å². The van der Waals surface area contributed by atoms with Gasteiger partial charge in [0.15, 0.2) is 0 Å². The Hall–Kier alpha value is -0.500. The van der Waals surface area contributed by atoms with Gasteiger partial charge in [-0.2, -0.15) is 13.2 Å². The molecule has 2 rings (SSSR count). The molecule has 1 aromatic carbocycles. The molecule has 0 amide bonds. The maximum Gasteiger partial charge on any atom is 2.00 e. The smallest absolute Gasteiger partial charge is 1.00 e. The fourth-order valence-electron chi connectivity index (χ4n) is 2.17. The zero-order valence-corrected chi connectivity index (χ0v) is 13.5. The summed E-state index contributed by atoms with van der Waals surface area (Å²) in [6.45, 7) is 0.557. The Morgan fingerprint density at radius 1 is 1.48 bits per heavy atom. The van der Waals surface area contributed by atoms with E-state index in [0.717, 1.165) is 12.1 Å². The molecule has 0 aliphatic carbocycles. The van der Waals surface area contributed by atoms with E-state index in [1.807, 2.05) is 0 Å². The molecule has 1 atom stereocenters. The molecule has 0 radical (unpaired) electrons. The number of alkyl halides is 3. The zero-order valence-electron chi connectivity index (χ0n) is 13.3. The van der Waals surface area contributed by atoms with Crippen LogP contribution in [-0.2, 0) is 15.7 Å². The molecule has 114 valence electrons. The maximum absolute atomic E-state index is 12.6. The van der Waals surface area contributed by atoms with Gasteiger partial charge in [-0.25, -0.2) is 4.79 Å². The third kappa shape index (κ3) is 5.32. The zero-order chi connectivity index (χ0) is 14.8. The topological polar surface area (TPSA) is 49.8 Å². The van der Waals surface area contributed by atoms with E-state index in [1.54, 1.807) is 11.0 Å². The van der Waals surface area contributed by atoms with E-state index < -0.39 is 17.7 Å². The van der Waals surface area contributed by atoms with Gasteiger partial charge in [0.25, 0.3) is 0 Å². The summed E-state index contributed by atoms with van der Waals surface area (Å²) < 4.78 is 43.0. The molecule has 1 saturated heterocycles. The number of carboxylic acid groups (broad SMARTS) is 1. The molecule has 0 spiro atoms. The van der Waals surface area contributed by atoms with Crippen molar-refractivity contribution in [2.45, 2.75) is 18.7 Å². The van der Waals surface area contributed by atoms with E-state index in [-0.39, 0.29) is 53.3 Å². The minimum Gasteiger partial charge on any atom is -1.00 e. The number of ether oxygens (including phenoxy) is 1. The molecular weight excluding hydrogens is 315 g/mol. The molecular formula is C13H16CaF3NO3. The second kappa shape index (κ2) is 7.67.